The molecular weight excluding hydrogens is 426 g/mol. The molecule has 2 aromatic rings. The molecular formula is C20H25N3O7S. The third-order valence-electron chi connectivity index (χ3n) is 4.40. The maximum Gasteiger partial charge on any atom is 0.343 e. The number of nitrogens with one attached hydrogen (secondary N) is 1. The van der Waals surface area contributed by atoms with Crippen LogP contribution >= 0.6 is 0 Å². The minimum Gasteiger partial charge on any atom is -0.497 e. The second-order valence-electron chi connectivity index (χ2n) is 6.47. The zero-order chi connectivity index (χ0) is 23.0. The van der Waals surface area contributed by atoms with Crippen LogP contribution in [-0.2, 0) is 19.4 Å². The van der Waals surface area contributed by atoms with Crippen LogP contribution in [0.3, 0.4) is 0 Å². The Balaban J connectivity index is 2.41. The third kappa shape index (κ3) is 6.64. The van der Waals surface area contributed by atoms with Crippen molar-refractivity contribution >= 4 is 27.6 Å². The lowest BCUT2D eigenvalue weighted by molar-refractivity contribution is -0.137. The lowest BCUT2D eigenvalue weighted by atomic mass is 10.2. The molecule has 1 heterocycles. The number of hydrogen-bond donors (Lipinski definition) is 2. The molecule has 0 aliphatic rings. The first-order valence-electron chi connectivity index (χ1n) is 9.59. The highest BCUT2D eigenvalue weighted by Crippen LogP contribution is 2.23. The number of carbonyl (C=O) groups is 2. The molecule has 0 amide bonds. The number of esters is 1. The Labute approximate surface area is 180 Å². The summed E-state index contributed by atoms with van der Waals surface area (Å²) in [7, 11) is -1.84. The summed E-state index contributed by atoms with van der Waals surface area (Å²) < 4.78 is 33.7. The van der Waals surface area contributed by atoms with Crippen LogP contribution in [0.2, 0.25) is 0 Å². The predicted molar refractivity (Wildman–Crippen MR) is 114 cm³/mol. The number of methoxy groups -OCH3 is 1. The molecule has 0 saturated heterocycles. The lowest BCUT2D eigenvalue weighted by Crippen LogP contribution is -2.33. The summed E-state index contributed by atoms with van der Waals surface area (Å²) in [6.45, 7) is 3.23. The minimum absolute atomic E-state index is 0.0521. The first-order valence-corrected chi connectivity index (χ1v) is 11.4. The molecule has 1 atom stereocenters. The van der Waals surface area contributed by atoms with Crippen LogP contribution in [-0.4, -0.2) is 66.7 Å². The predicted octanol–water partition coefficient (Wildman–Crippen LogP) is 2.02. The summed E-state index contributed by atoms with van der Waals surface area (Å²) in [5, 5.41) is 12.2. The number of aromatic nitrogens is 2. The number of carboxylic acid groups (broad SMARTS) is 1. The van der Waals surface area contributed by atoms with Crippen molar-refractivity contribution in [3.05, 3.63) is 36.0 Å². The van der Waals surface area contributed by atoms with Gasteiger partial charge in [0.2, 0.25) is 0 Å². The fourth-order valence-electron chi connectivity index (χ4n) is 2.59. The highest BCUT2D eigenvalue weighted by molar-refractivity contribution is 7.91. The summed E-state index contributed by atoms with van der Waals surface area (Å²) in [4.78, 5) is 32.5. The number of benzene rings is 1. The van der Waals surface area contributed by atoms with Gasteiger partial charge in [-0.2, -0.15) is 0 Å². The van der Waals surface area contributed by atoms with Crippen LogP contribution in [0.15, 0.2) is 30.5 Å². The van der Waals surface area contributed by atoms with Gasteiger partial charge in [-0.25, -0.2) is 28.0 Å². The molecule has 168 valence electrons. The van der Waals surface area contributed by atoms with Crippen molar-refractivity contribution in [3.63, 3.8) is 0 Å². The van der Waals surface area contributed by atoms with E-state index in [0.717, 1.165) is 0 Å². The molecule has 0 saturated carbocycles. The fourth-order valence-corrected chi connectivity index (χ4v) is 3.48. The number of hydrogen-bond acceptors (Lipinski definition) is 9. The monoisotopic (exact) mass is 451 g/mol. The standard InChI is InChI=1S/C20H25N3O7S/c1-4-30-20(26)15-12-21-17(13-6-8-14(29-3)9-7-13)23-18(15)22-16(19(24)25)10-11-31(27,28)5-2/h6-9,12,16H,4-5,10-11H2,1-3H3,(H,24,25)(H,21,22,23). The van der Waals surface area contributed by atoms with Crippen LogP contribution in [0.5, 0.6) is 5.75 Å². The number of ether oxygens (including phenoxy) is 2. The summed E-state index contributed by atoms with van der Waals surface area (Å²) >= 11 is 0. The number of carboxylic acids is 1. The molecule has 1 aromatic heterocycles. The molecule has 0 fully saturated rings. The van der Waals surface area contributed by atoms with Crippen molar-refractivity contribution in [1.29, 1.82) is 0 Å². The largest absolute Gasteiger partial charge is 0.497 e. The molecule has 0 bridgehead atoms. The second kappa shape index (κ2) is 10.7. The van der Waals surface area contributed by atoms with E-state index in [1.54, 1.807) is 31.2 Å². The van der Waals surface area contributed by atoms with Crippen LogP contribution < -0.4 is 10.1 Å². The summed E-state index contributed by atoms with van der Waals surface area (Å²) in [6, 6.07) is 5.56. The fraction of sp³-hybridized carbons (Fsp3) is 0.400. The smallest absolute Gasteiger partial charge is 0.343 e. The topological polar surface area (TPSA) is 145 Å². The number of carbonyl (C=O) groups excluding carboxylic acids is 1. The van der Waals surface area contributed by atoms with E-state index in [4.69, 9.17) is 9.47 Å². The normalized spacial score (nSPS) is 12.1. The second-order valence-corrected chi connectivity index (χ2v) is 8.94. The van der Waals surface area contributed by atoms with Gasteiger partial charge in [0.05, 0.1) is 19.5 Å². The molecule has 31 heavy (non-hydrogen) atoms. The molecule has 0 radical (unpaired) electrons. The van der Waals surface area contributed by atoms with E-state index in [1.165, 1.54) is 20.2 Å². The van der Waals surface area contributed by atoms with Crippen LogP contribution in [0, 0.1) is 0 Å². The van der Waals surface area contributed by atoms with Crippen molar-refractivity contribution in [2.24, 2.45) is 0 Å². The average Bonchev–Trinajstić information content (AvgIpc) is 2.76. The molecule has 11 heteroatoms. The van der Waals surface area contributed by atoms with Gasteiger partial charge >= 0.3 is 11.9 Å². The highest BCUT2D eigenvalue weighted by atomic mass is 32.2. The number of nitrogens with zero attached hydrogens (tertiary/aromatic N) is 2. The average molecular weight is 452 g/mol. The number of rotatable bonds is 11. The quantitative estimate of drug-likeness (QED) is 0.487. The van der Waals surface area contributed by atoms with E-state index in [2.05, 4.69) is 15.3 Å². The van der Waals surface area contributed by atoms with Gasteiger partial charge in [0.25, 0.3) is 0 Å². The van der Waals surface area contributed by atoms with Gasteiger partial charge in [-0.3, -0.25) is 0 Å². The van der Waals surface area contributed by atoms with Gasteiger partial charge < -0.3 is 19.9 Å². The van der Waals surface area contributed by atoms with Gasteiger partial charge in [0.1, 0.15) is 33.0 Å². The Kier molecular flexibility index (Phi) is 8.31. The number of anilines is 1. The van der Waals surface area contributed by atoms with Crippen molar-refractivity contribution in [3.8, 4) is 17.1 Å². The van der Waals surface area contributed by atoms with Crippen LogP contribution in [0.4, 0.5) is 5.82 Å². The van der Waals surface area contributed by atoms with E-state index in [9.17, 15) is 23.1 Å². The molecule has 1 aromatic carbocycles. The van der Waals surface area contributed by atoms with Crippen molar-refractivity contribution in [1.82, 2.24) is 9.97 Å². The maximum absolute atomic E-state index is 12.3. The molecule has 0 aliphatic carbocycles. The molecule has 10 nitrogen and oxygen atoms in total. The summed E-state index contributed by atoms with van der Waals surface area (Å²) in [5.74, 6) is -1.60. The van der Waals surface area contributed by atoms with E-state index >= 15 is 0 Å². The van der Waals surface area contributed by atoms with Crippen molar-refractivity contribution in [2.45, 2.75) is 26.3 Å². The molecule has 2 N–H and O–H groups in total. The maximum atomic E-state index is 12.3. The van der Waals surface area contributed by atoms with Gasteiger partial charge in [-0.1, -0.05) is 6.92 Å². The summed E-state index contributed by atoms with van der Waals surface area (Å²) in [5.41, 5.74) is 0.559. The van der Waals surface area contributed by atoms with Crippen LogP contribution in [0.1, 0.15) is 30.6 Å². The van der Waals surface area contributed by atoms with Crippen LogP contribution in [0.25, 0.3) is 11.4 Å². The Morgan fingerprint density at radius 3 is 2.42 bits per heavy atom. The Hall–Kier alpha value is -3.21. The van der Waals surface area contributed by atoms with E-state index in [-0.39, 0.29) is 41.7 Å². The van der Waals surface area contributed by atoms with E-state index in [1.807, 2.05) is 0 Å². The minimum atomic E-state index is -3.37. The number of sulfone groups is 1. The third-order valence-corrected chi connectivity index (χ3v) is 6.14. The van der Waals surface area contributed by atoms with Gasteiger partial charge in [-0.15, -0.1) is 0 Å². The van der Waals surface area contributed by atoms with Crippen molar-refractivity contribution in [2.75, 3.05) is 30.5 Å². The van der Waals surface area contributed by atoms with E-state index < -0.39 is 27.8 Å². The van der Waals surface area contributed by atoms with E-state index in [0.29, 0.717) is 11.3 Å². The Morgan fingerprint density at radius 2 is 1.87 bits per heavy atom. The molecule has 2 rings (SSSR count). The highest BCUT2D eigenvalue weighted by Gasteiger charge is 2.25. The zero-order valence-corrected chi connectivity index (χ0v) is 18.3. The van der Waals surface area contributed by atoms with Gasteiger partial charge in [-0.05, 0) is 37.6 Å². The Morgan fingerprint density at radius 1 is 1.19 bits per heavy atom. The molecule has 1 unspecified atom stereocenters. The van der Waals surface area contributed by atoms with Crippen molar-refractivity contribution < 1.29 is 32.6 Å². The summed E-state index contributed by atoms with van der Waals surface area (Å²) in [6.07, 6.45) is 1.05. The zero-order valence-electron chi connectivity index (χ0n) is 17.5. The SMILES string of the molecule is CCOC(=O)c1cnc(-c2ccc(OC)cc2)nc1NC(CCS(=O)(=O)CC)C(=O)O. The lowest BCUT2D eigenvalue weighted by Gasteiger charge is -2.17. The molecule has 0 spiro atoms. The first kappa shape index (κ1) is 24.1. The first-order chi connectivity index (χ1) is 14.7. The number of aliphatic carboxylic acids is 1. The van der Waals surface area contributed by atoms with Gasteiger partial charge in [0.15, 0.2) is 5.82 Å². The molecule has 0 aliphatic heterocycles. The van der Waals surface area contributed by atoms with Gasteiger partial charge in [0, 0.05) is 17.5 Å². The Bertz CT molecular complexity index is 1020.